The van der Waals surface area contributed by atoms with Gasteiger partial charge < -0.3 is 0 Å². The Morgan fingerprint density at radius 3 is 1.62 bits per heavy atom. The molecule has 1 heterocycles. The van der Waals surface area contributed by atoms with Crippen LogP contribution in [0.1, 0.15) is 39.7 Å². The van der Waals surface area contributed by atoms with Crippen LogP contribution < -0.4 is 0 Å². The fourth-order valence-electron chi connectivity index (χ4n) is 6.63. The van der Waals surface area contributed by atoms with Crippen molar-refractivity contribution in [1.29, 1.82) is 0 Å². The summed E-state index contributed by atoms with van der Waals surface area (Å²) < 4.78 is 0. The molecule has 3 nitrogen and oxygen atoms in total. The second-order valence-corrected chi connectivity index (χ2v) is 9.24. The van der Waals surface area contributed by atoms with Crippen molar-refractivity contribution < 1.29 is 9.59 Å². The SMILES string of the molecule is O=C1N(Cc2ccccc2)C(=O)C23C=CC(c4ccccc42)C2C=CC13c1ccccc12. The van der Waals surface area contributed by atoms with Gasteiger partial charge in [0.05, 0.1) is 6.54 Å². The van der Waals surface area contributed by atoms with Crippen molar-refractivity contribution in [1.82, 2.24) is 4.90 Å². The Bertz CT molecular complexity index is 1290. The highest BCUT2D eigenvalue weighted by molar-refractivity contribution is 6.19. The van der Waals surface area contributed by atoms with Crippen LogP contribution in [0.4, 0.5) is 0 Å². The van der Waals surface area contributed by atoms with Gasteiger partial charge in [0.15, 0.2) is 0 Å². The van der Waals surface area contributed by atoms with E-state index >= 15 is 0 Å². The lowest BCUT2D eigenvalue weighted by molar-refractivity contribution is -0.140. The third-order valence-corrected chi connectivity index (χ3v) is 7.95. The number of benzene rings is 3. The van der Waals surface area contributed by atoms with Gasteiger partial charge in [-0.25, -0.2) is 0 Å². The minimum Gasteiger partial charge on any atom is -0.276 e. The molecule has 0 radical (unpaired) electrons. The number of rotatable bonds is 2. The maximum atomic E-state index is 14.4. The fourth-order valence-corrected chi connectivity index (χ4v) is 6.63. The Balaban J connectivity index is 1.57. The largest absolute Gasteiger partial charge is 0.276 e. The predicted molar refractivity (Wildman–Crippen MR) is 122 cm³/mol. The van der Waals surface area contributed by atoms with Gasteiger partial charge in [0.2, 0.25) is 11.8 Å². The van der Waals surface area contributed by atoms with Crippen LogP contribution in [0, 0.1) is 0 Å². The Hall–Kier alpha value is -3.72. The zero-order valence-corrected chi connectivity index (χ0v) is 17.4. The highest BCUT2D eigenvalue weighted by Crippen LogP contribution is 2.64. The first kappa shape index (κ1) is 17.9. The lowest BCUT2D eigenvalue weighted by atomic mass is 9.48. The summed E-state index contributed by atoms with van der Waals surface area (Å²) in [5.41, 5.74) is 3.09. The third kappa shape index (κ3) is 1.85. The summed E-state index contributed by atoms with van der Waals surface area (Å²) in [6, 6.07) is 26.2. The molecule has 4 unspecified atom stereocenters. The lowest BCUT2D eigenvalue weighted by Gasteiger charge is -2.50. The zero-order valence-electron chi connectivity index (χ0n) is 17.4. The first-order valence-electron chi connectivity index (χ1n) is 11.2. The second kappa shape index (κ2) is 5.95. The van der Waals surface area contributed by atoms with Crippen molar-refractivity contribution in [3.05, 3.63) is 131 Å². The average molecular weight is 415 g/mol. The molecule has 3 aliphatic carbocycles. The summed E-state index contributed by atoms with van der Waals surface area (Å²) >= 11 is 0. The topological polar surface area (TPSA) is 37.4 Å². The molecule has 3 aromatic carbocycles. The lowest BCUT2D eigenvalue weighted by Crippen LogP contribution is -2.54. The monoisotopic (exact) mass is 415 g/mol. The molecule has 3 heteroatoms. The number of hydrogen-bond donors (Lipinski definition) is 0. The van der Waals surface area contributed by atoms with Crippen LogP contribution in [-0.4, -0.2) is 16.7 Å². The number of carbonyl (C=O) groups is 2. The van der Waals surface area contributed by atoms with Gasteiger partial charge in [0.1, 0.15) is 10.8 Å². The molecule has 2 spiro atoms. The molecule has 3 aromatic rings. The highest BCUT2D eigenvalue weighted by atomic mass is 16.2. The van der Waals surface area contributed by atoms with Gasteiger partial charge in [-0.1, -0.05) is 103 Å². The molecule has 4 aliphatic rings. The molecule has 154 valence electrons. The van der Waals surface area contributed by atoms with E-state index in [4.69, 9.17) is 0 Å². The number of imide groups is 1. The van der Waals surface area contributed by atoms with E-state index in [1.165, 1.54) is 4.90 Å². The van der Waals surface area contributed by atoms with Crippen molar-refractivity contribution in [3.63, 3.8) is 0 Å². The van der Waals surface area contributed by atoms with Crippen LogP contribution in [0.15, 0.2) is 103 Å². The van der Waals surface area contributed by atoms with Gasteiger partial charge >= 0.3 is 0 Å². The Morgan fingerprint density at radius 2 is 1.09 bits per heavy atom. The molecule has 32 heavy (non-hydrogen) atoms. The van der Waals surface area contributed by atoms with Crippen LogP contribution in [-0.2, 0) is 27.0 Å². The third-order valence-electron chi connectivity index (χ3n) is 7.95. The number of carbonyl (C=O) groups excluding carboxylic acids is 2. The van der Waals surface area contributed by atoms with Crippen LogP contribution in [0.2, 0.25) is 0 Å². The summed E-state index contributed by atoms with van der Waals surface area (Å²) in [6.07, 6.45) is 8.46. The molecule has 4 atom stereocenters. The van der Waals surface area contributed by atoms with E-state index in [1.54, 1.807) is 0 Å². The number of allylic oxidation sites excluding steroid dienone is 2. The molecule has 0 aromatic heterocycles. The number of amides is 2. The zero-order chi connectivity index (χ0) is 21.5. The van der Waals surface area contributed by atoms with Crippen LogP contribution in [0.3, 0.4) is 0 Å². The van der Waals surface area contributed by atoms with Crippen molar-refractivity contribution in [3.8, 4) is 0 Å². The summed E-state index contributed by atoms with van der Waals surface area (Å²) in [6.45, 7) is 0.279. The van der Waals surface area contributed by atoms with Gasteiger partial charge in [-0.15, -0.1) is 0 Å². The van der Waals surface area contributed by atoms with E-state index in [0.717, 1.165) is 27.8 Å². The predicted octanol–water partition coefficient (Wildman–Crippen LogP) is 4.75. The molecule has 1 fully saturated rings. The van der Waals surface area contributed by atoms with E-state index in [9.17, 15) is 9.59 Å². The van der Waals surface area contributed by atoms with Crippen LogP contribution >= 0.6 is 0 Å². The molecular weight excluding hydrogens is 394 g/mol. The molecule has 2 amide bonds. The average Bonchev–Trinajstić information content (AvgIpc) is 2.98. The minimum atomic E-state index is -1.07. The van der Waals surface area contributed by atoms with E-state index < -0.39 is 10.8 Å². The smallest absolute Gasteiger partial charge is 0.245 e. The molecule has 0 N–H and O–H groups in total. The Labute approximate surface area is 186 Å². The van der Waals surface area contributed by atoms with E-state index in [-0.39, 0.29) is 30.2 Å². The maximum absolute atomic E-state index is 14.4. The number of fused-ring (bicyclic) bond motifs is 1. The van der Waals surface area contributed by atoms with Crippen molar-refractivity contribution in [2.75, 3.05) is 0 Å². The van der Waals surface area contributed by atoms with Gasteiger partial charge in [-0.2, -0.15) is 0 Å². The maximum Gasteiger partial charge on any atom is 0.245 e. The highest BCUT2D eigenvalue weighted by Gasteiger charge is 2.72. The van der Waals surface area contributed by atoms with E-state index in [2.05, 4.69) is 48.6 Å². The minimum absolute atomic E-state index is 0.131. The van der Waals surface area contributed by atoms with Gasteiger partial charge in [-0.05, 0) is 27.8 Å². The van der Waals surface area contributed by atoms with Gasteiger partial charge in [0.25, 0.3) is 0 Å². The van der Waals surface area contributed by atoms with Crippen molar-refractivity contribution in [2.45, 2.75) is 29.2 Å². The van der Waals surface area contributed by atoms with Crippen LogP contribution in [0.5, 0.6) is 0 Å². The number of nitrogens with zero attached hydrogens (tertiary/aromatic N) is 1. The number of likely N-dealkylation sites (tertiary alicyclic amines) is 1. The molecule has 0 saturated carbocycles. The van der Waals surface area contributed by atoms with Crippen molar-refractivity contribution >= 4 is 11.8 Å². The second-order valence-electron chi connectivity index (χ2n) is 9.24. The fraction of sp³-hybridized carbons (Fsp3) is 0.172. The Kier molecular flexibility index (Phi) is 3.33. The standard InChI is InChI=1S/C29H21NO2/c31-26-28-16-14-20(22-10-4-6-12-24(22)28)21-15-17-29(28,25-13-7-5-11-23(21)25)27(32)30(26)18-19-8-2-1-3-9-19/h1-17,20-21H,18H2. The van der Waals surface area contributed by atoms with E-state index in [0.29, 0.717) is 0 Å². The van der Waals surface area contributed by atoms with E-state index in [1.807, 2.05) is 54.6 Å². The quantitative estimate of drug-likeness (QED) is 0.447. The molecule has 4 bridgehead atoms. The van der Waals surface area contributed by atoms with Gasteiger partial charge in [-0.3, -0.25) is 14.5 Å². The molecular formula is C29H21NO2. The number of hydrogen-bond acceptors (Lipinski definition) is 2. The van der Waals surface area contributed by atoms with Crippen molar-refractivity contribution in [2.24, 2.45) is 0 Å². The van der Waals surface area contributed by atoms with Gasteiger partial charge in [0, 0.05) is 11.8 Å². The summed E-state index contributed by atoms with van der Waals surface area (Å²) in [5, 5.41) is 0. The summed E-state index contributed by atoms with van der Waals surface area (Å²) in [4.78, 5) is 30.2. The molecule has 1 aliphatic heterocycles. The van der Waals surface area contributed by atoms with Crippen LogP contribution in [0.25, 0.3) is 0 Å². The summed E-state index contributed by atoms with van der Waals surface area (Å²) in [7, 11) is 0. The first-order chi connectivity index (χ1) is 15.7. The first-order valence-corrected chi connectivity index (χ1v) is 11.2. The summed E-state index contributed by atoms with van der Waals surface area (Å²) in [5.74, 6) is 0.0406. The Morgan fingerprint density at radius 1 is 0.625 bits per heavy atom. The molecule has 1 saturated heterocycles. The normalized spacial score (nSPS) is 30.7. The molecule has 7 rings (SSSR count).